The lowest BCUT2D eigenvalue weighted by Gasteiger charge is -2.08. The van der Waals surface area contributed by atoms with E-state index in [0.717, 1.165) is 12.2 Å². The Balaban J connectivity index is 1.80. The van der Waals surface area contributed by atoms with E-state index in [-0.39, 0.29) is 0 Å². The number of rotatable bonds is 3. The van der Waals surface area contributed by atoms with Crippen molar-refractivity contribution in [2.24, 2.45) is 0 Å². The molecular formula is C16H13ClN2. The number of fused-ring (bicyclic) bond motifs is 1. The van der Waals surface area contributed by atoms with E-state index in [0.29, 0.717) is 5.15 Å². The van der Waals surface area contributed by atoms with Gasteiger partial charge in [-0.05, 0) is 34.5 Å². The van der Waals surface area contributed by atoms with E-state index in [4.69, 9.17) is 11.6 Å². The molecule has 0 saturated carbocycles. The van der Waals surface area contributed by atoms with Crippen LogP contribution in [0.5, 0.6) is 0 Å². The Labute approximate surface area is 117 Å². The Hall–Kier alpha value is -2.06. The number of nitrogens with zero attached hydrogens (tertiary/aromatic N) is 1. The first kappa shape index (κ1) is 12.0. The molecule has 0 radical (unpaired) electrons. The number of halogens is 1. The van der Waals surface area contributed by atoms with E-state index in [1.165, 1.54) is 16.3 Å². The highest BCUT2D eigenvalue weighted by Gasteiger charge is 2.00. The first-order valence-corrected chi connectivity index (χ1v) is 6.53. The molecule has 19 heavy (non-hydrogen) atoms. The van der Waals surface area contributed by atoms with Gasteiger partial charge in [-0.1, -0.05) is 48.0 Å². The molecule has 1 aromatic heterocycles. The van der Waals surface area contributed by atoms with Crippen LogP contribution < -0.4 is 5.32 Å². The number of nitrogens with one attached hydrogen (secondary N) is 1. The summed E-state index contributed by atoms with van der Waals surface area (Å²) in [6.07, 6.45) is 1.68. The first-order valence-electron chi connectivity index (χ1n) is 6.15. The van der Waals surface area contributed by atoms with E-state index in [9.17, 15) is 0 Å². The zero-order valence-corrected chi connectivity index (χ0v) is 11.1. The largest absolute Gasteiger partial charge is 0.378 e. The highest BCUT2D eigenvalue weighted by atomic mass is 35.5. The molecule has 0 aliphatic carbocycles. The molecule has 1 heterocycles. The summed E-state index contributed by atoms with van der Waals surface area (Å²) >= 11 is 6.01. The third-order valence-electron chi connectivity index (χ3n) is 3.06. The molecule has 3 aromatic rings. The molecule has 0 saturated heterocycles. The van der Waals surface area contributed by atoms with E-state index in [1.54, 1.807) is 6.20 Å². The molecular weight excluding hydrogens is 256 g/mol. The maximum absolute atomic E-state index is 6.01. The van der Waals surface area contributed by atoms with Crippen LogP contribution in [-0.2, 0) is 6.54 Å². The Kier molecular flexibility index (Phi) is 3.34. The van der Waals surface area contributed by atoms with Crippen molar-refractivity contribution in [2.45, 2.75) is 6.54 Å². The van der Waals surface area contributed by atoms with Crippen LogP contribution >= 0.6 is 11.6 Å². The smallest absolute Gasteiger partial charge is 0.152 e. The Morgan fingerprint density at radius 1 is 0.947 bits per heavy atom. The van der Waals surface area contributed by atoms with Crippen molar-refractivity contribution in [3.8, 4) is 0 Å². The van der Waals surface area contributed by atoms with E-state index >= 15 is 0 Å². The minimum atomic E-state index is 0.503. The van der Waals surface area contributed by atoms with Gasteiger partial charge in [-0.15, -0.1) is 0 Å². The summed E-state index contributed by atoms with van der Waals surface area (Å²) in [5.74, 6) is 0. The molecule has 0 unspecified atom stereocenters. The molecule has 0 aliphatic heterocycles. The summed E-state index contributed by atoms with van der Waals surface area (Å²) in [7, 11) is 0. The molecule has 0 fully saturated rings. The predicted octanol–water partition coefficient (Wildman–Crippen LogP) is 4.50. The first-order chi connectivity index (χ1) is 9.33. The van der Waals surface area contributed by atoms with Crippen molar-refractivity contribution < 1.29 is 0 Å². The predicted molar refractivity (Wildman–Crippen MR) is 80.5 cm³/mol. The van der Waals surface area contributed by atoms with Crippen molar-refractivity contribution in [3.05, 3.63) is 71.5 Å². The lowest BCUT2D eigenvalue weighted by Crippen LogP contribution is -2.00. The molecule has 3 heteroatoms. The van der Waals surface area contributed by atoms with Gasteiger partial charge in [0.05, 0.1) is 5.69 Å². The normalized spacial score (nSPS) is 10.6. The topological polar surface area (TPSA) is 24.9 Å². The van der Waals surface area contributed by atoms with Crippen LogP contribution in [0, 0.1) is 0 Å². The van der Waals surface area contributed by atoms with Gasteiger partial charge in [-0.25, -0.2) is 4.98 Å². The standard InChI is InChI=1S/C16H13ClN2/c17-16-15(6-3-9-18-16)19-11-12-7-8-13-4-1-2-5-14(13)10-12/h1-10,19H,11H2. The fraction of sp³-hybridized carbons (Fsp3) is 0.0625. The Bertz CT molecular complexity index is 710. The van der Waals surface area contributed by atoms with Crippen molar-refractivity contribution in [3.63, 3.8) is 0 Å². The summed E-state index contributed by atoms with van der Waals surface area (Å²) < 4.78 is 0. The van der Waals surface area contributed by atoms with E-state index < -0.39 is 0 Å². The Morgan fingerprint density at radius 2 is 1.79 bits per heavy atom. The highest BCUT2D eigenvalue weighted by molar-refractivity contribution is 6.31. The van der Waals surface area contributed by atoms with Crippen LogP contribution in [0.4, 0.5) is 5.69 Å². The second kappa shape index (κ2) is 5.29. The zero-order chi connectivity index (χ0) is 13.1. The minimum absolute atomic E-state index is 0.503. The molecule has 0 spiro atoms. The third kappa shape index (κ3) is 2.69. The van der Waals surface area contributed by atoms with Crippen molar-refractivity contribution in [1.29, 1.82) is 0 Å². The van der Waals surface area contributed by atoms with Gasteiger partial charge < -0.3 is 5.32 Å². The van der Waals surface area contributed by atoms with Crippen molar-refractivity contribution in [2.75, 3.05) is 5.32 Å². The summed E-state index contributed by atoms with van der Waals surface area (Å²) in [4.78, 5) is 4.04. The van der Waals surface area contributed by atoms with E-state index in [2.05, 4.69) is 52.8 Å². The monoisotopic (exact) mass is 268 g/mol. The maximum atomic E-state index is 6.01. The van der Waals surface area contributed by atoms with E-state index in [1.807, 2.05) is 12.1 Å². The number of hydrogen-bond acceptors (Lipinski definition) is 2. The average Bonchev–Trinajstić information content (AvgIpc) is 2.46. The molecule has 3 rings (SSSR count). The third-order valence-corrected chi connectivity index (χ3v) is 3.36. The van der Waals surface area contributed by atoms with Crippen LogP contribution in [0.1, 0.15) is 5.56 Å². The van der Waals surface area contributed by atoms with Crippen LogP contribution in [-0.4, -0.2) is 4.98 Å². The number of hydrogen-bond donors (Lipinski definition) is 1. The van der Waals surface area contributed by atoms with Gasteiger partial charge in [-0.3, -0.25) is 0 Å². The quantitative estimate of drug-likeness (QED) is 0.708. The second-order valence-corrected chi connectivity index (χ2v) is 4.73. The summed E-state index contributed by atoms with van der Waals surface area (Å²) in [5.41, 5.74) is 2.08. The summed E-state index contributed by atoms with van der Waals surface area (Å²) in [5, 5.41) is 6.31. The van der Waals surface area contributed by atoms with Gasteiger partial charge in [0.2, 0.25) is 0 Å². The van der Waals surface area contributed by atoms with Crippen molar-refractivity contribution in [1.82, 2.24) is 4.98 Å². The minimum Gasteiger partial charge on any atom is -0.378 e. The van der Waals surface area contributed by atoms with Gasteiger partial charge in [0.1, 0.15) is 0 Å². The van der Waals surface area contributed by atoms with Gasteiger partial charge in [0.15, 0.2) is 5.15 Å². The number of benzene rings is 2. The molecule has 94 valence electrons. The summed E-state index contributed by atoms with van der Waals surface area (Å²) in [6.45, 7) is 0.732. The zero-order valence-electron chi connectivity index (χ0n) is 10.3. The molecule has 1 N–H and O–H groups in total. The average molecular weight is 269 g/mol. The van der Waals surface area contributed by atoms with Crippen LogP contribution in [0.3, 0.4) is 0 Å². The molecule has 0 aliphatic rings. The highest BCUT2D eigenvalue weighted by Crippen LogP contribution is 2.20. The molecule has 0 bridgehead atoms. The fourth-order valence-corrected chi connectivity index (χ4v) is 2.25. The second-order valence-electron chi connectivity index (χ2n) is 4.38. The van der Waals surface area contributed by atoms with Crippen LogP contribution in [0.15, 0.2) is 60.8 Å². The SMILES string of the molecule is Clc1ncccc1NCc1ccc2ccccc2c1. The van der Waals surface area contributed by atoms with Gasteiger partial charge in [0, 0.05) is 12.7 Å². The Morgan fingerprint density at radius 3 is 2.63 bits per heavy atom. The van der Waals surface area contributed by atoms with Crippen LogP contribution in [0.2, 0.25) is 5.15 Å². The van der Waals surface area contributed by atoms with Gasteiger partial charge in [0.25, 0.3) is 0 Å². The summed E-state index contributed by atoms with van der Waals surface area (Å²) in [6, 6.07) is 18.6. The van der Waals surface area contributed by atoms with Crippen molar-refractivity contribution >= 4 is 28.1 Å². The lowest BCUT2D eigenvalue weighted by atomic mass is 10.1. The number of pyridine rings is 1. The maximum Gasteiger partial charge on any atom is 0.152 e. The number of anilines is 1. The number of aromatic nitrogens is 1. The lowest BCUT2D eigenvalue weighted by molar-refractivity contribution is 1.14. The fourth-order valence-electron chi connectivity index (χ4n) is 2.06. The molecule has 2 nitrogen and oxygen atoms in total. The molecule has 2 aromatic carbocycles. The van der Waals surface area contributed by atoms with Gasteiger partial charge >= 0.3 is 0 Å². The molecule has 0 amide bonds. The molecule has 0 atom stereocenters. The van der Waals surface area contributed by atoms with Gasteiger partial charge in [-0.2, -0.15) is 0 Å². The van der Waals surface area contributed by atoms with Crippen LogP contribution in [0.25, 0.3) is 10.8 Å².